The van der Waals surface area contributed by atoms with Crippen LogP contribution >= 0.6 is 0 Å². The minimum absolute atomic E-state index is 0.0952. The molecular formula is C23H26N2O5. The Morgan fingerprint density at radius 1 is 1.33 bits per heavy atom. The number of carbonyl (C=O) groups is 2. The number of hydrogen-bond acceptors (Lipinski definition) is 6. The molecule has 1 amide bonds. The van der Waals surface area contributed by atoms with E-state index in [1.165, 1.54) is 7.11 Å². The molecule has 0 aliphatic carbocycles. The quantitative estimate of drug-likeness (QED) is 0.529. The van der Waals surface area contributed by atoms with Crippen LogP contribution in [0, 0.1) is 13.8 Å². The van der Waals surface area contributed by atoms with Crippen LogP contribution in [0.1, 0.15) is 52.4 Å². The first-order chi connectivity index (χ1) is 14.3. The van der Waals surface area contributed by atoms with Crippen molar-refractivity contribution in [3.63, 3.8) is 0 Å². The van der Waals surface area contributed by atoms with Crippen LogP contribution in [0.15, 0.2) is 30.0 Å². The molecule has 0 saturated carbocycles. The lowest BCUT2D eigenvalue weighted by Crippen LogP contribution is -2.12. The standard InChI is InChI=1S/C23H26N2O5/c1-13(7-10-19(26)25-18-9-6-14(2)11-24-18)5-8-16-21(27)20-17(12-30-23(20)28)15(3)22(16)29-4/h5-6,9,11,27H,7-8,10,12H2,1-4H3,(H,24,25,26)/b13-5+. The highest BCUT2D eigenvalue weighted by Crippen LogP contribution is 2.42. The molecule has 0 radical (unpaired) electrons. The number of cyclic esters (lactones) is 1. The molecule has 2 heterocycles. The second-order valence-corrected chi connectivity index (χ2v) is 7.44. The summed E-state index contributed by atoms with van der Waals surface area (Å²) < 4.78 is 10.6. The zero-order valence-electron chi connectivity index (χ0n) is 17.7. The average Bonchev–Trinajstić information content (AvgIpc) is 3.11. The van der Waals surface area contributed by atoms with E-state index in [0.717, 1.165) is 16.7 Å². The van der Waals surface area contributed by atoms with Gasteiger partial charge in [0.25, 0.3) is 0 Å². The van der Waals surface area contributed by atoms with Crippen LogP contribution in [0.4, 0.5) is 5.82 Å². The van der Waals surface area contributed by atoms with Gasteiger partial charge in [0.15, 0.2) is 0 Å². The van der Waals surface area contributed by atoms with Crippen molar-refractivity contribution in [3.05, 3.63) is 57.8 Å². The number of aromatic nitrogens is 1. The number of phenolic OH excluding ortho intramolecular Hbond substituents is 1. The summed E-state index contributed by atoms with van der Waals surface area (Å²) in [4.78, 5) is 28.3. The van der Waals surface area contributed by atoms with Crippen molar-refractivity contribution in [2.75, 3.05) is 12.4 Å². The number of aryl methyl sites for hydroxylation is 1. The van der Waals surface area contributed by atoms with Crippen molar-refractivity contribution < 1.29 is 24.2 Å². The molecule has 3 rings (SSSR count). The maximum absolute atomic E-state index is 12.1. The van der Waals surface area contributed by atoms with Gasteiger partial charge in [-0.05, 0) is 50.8 Å². The number of hydrogen-bond donors (Lipinski definition) is 2. The topological polar surface area (TPSA) is 97.8 Å². The third kappa shape index (κ3) is 4.45. The molecule has 1 aromatic heterocycles. The number of amides is 1. The van der Waals surface area contributed by atoms with Gasteiger partial charge >= 0.3 is 5.97 Å². The lowest BCUT2D eigenvalue weighted by Gasteiger charge is -2.15. The van der Waals surface area contributed by atoms with Crippen LogP contribution in [0.5, 0.6) is 11.5 Å². The lowest BCUT2D eigenvalue weighted by molar-refractivity contribution is -0.116. The predicted molar refractivity (Wildman–Crippen MR) is 113 cm³/mol. The van der Waals surface area contributed by atoms with Gasteiger partial charge in [0.1, 0.15) is 29.5 Å². The minimum atomic E-state index is -0.517. The van der Waals surface area contributed by atoms with E-state index in [2.05, 4.69) is 10.3 Å². The van der Waals surface area contributed by atoms with Crippen molar-refractivity contribution in [2.45, 2.75) is 46.6 Å². The number of methoxy groups -OCH3 is 1. The molecular weight excluding hydrogens is 384 g/mol. The van der Waals surface area contributed by atoms with Crippen molar-refractivity contribution in [2.24, 2.45) is 0 Å². The number of fused-ring (bicyclic) bond motifs is 1. The van der Waals surface area contributed by atoms with E-state index in [0.29, 0.717) is 42.0 Å². The lowest BCUT2D eigenvalue weighted by atomic mass is 9.94. The number of pyridine rings is 1. The molecule has 7 heteroatoms. The number of carbonyl (C=O) groups excluding carboxylic acids is 2. The van der Waals surface area contributed by atoms with Crippen LogP contribution in [0.25, 0.3) is 0 Å². The Bertz CT molecular complexity index is 1010. The maximum Gasteiger partial charge on any atom is 0.342 e. The van der Waals surface area contributed by atoms with Gasteiger partial charge < -0.3 is 19.9 Å². The third-order valence-electron chi connectivity index (χ3n) is 5.23. The summed E-state index contributed by atoms with van der Waals surface area (Å²) in [6.45, 7) is 5.85. The molecule has 0 saturated heterocycles. The molecule has 1 aliphatic rings. The fourth-order valence-electron chi connectivity index (χ4n) is 3.46. The van der Waals surface area contributed by atoms with Gasteiger partial charge in [-0.15, -0.1) is 0 Å². The van der Waals surface area contributed by atoms with Gasteiger partial charge in [0, 0.05) is 23.7 Å². The van der Waals surface area contributed by atoms with Gasteiger partial charge in [-0.3, -0.25) is 4.79 Å². The van der Waals surface area contributed by atoms with E-state index < -0.39 is 5.97 Å². The second-order valence-electron chi connectivity index (χ2n) is 7.44. The molecule has 2 N–H and O–H groups in total. The number of anilines is 1. The average molecular weight is 410 g/mol. The van der Waals surface area contributed by atoms with E-state index in [4.69, 9.17) is 9.47 Å². The van der Waals surface area contributed by atoms with Crippen molar-refractivity contribution >= 4 is 17.7 Å². The number of ether oxygens (including phenoxy) is 2. The molecule has 0 fully saturated rings. The molecule has 158 valence electrons. The molecule has 0 atom stereocenters. The van der Waals surface area contributed by atoms with Gasteiger partial charge in [-0.25, -0.2) is 9.78 Å². The van der Waals surface area contributed by atoms with E-state index >= 15 is 0 Å². The number of allylic oxidation sites excluding steroid dienone is 2. The highest BCUT2D eigenvalue weighted by atomic mass is 16.5. The first-order valence-electron chi connectivity index (χ1n) is 9.78. The predicted octanol–water partition coefficient (Wildman–Crippen LogP) is 3.99. The van der Waals surface area contributed by atoms with E-state index in [9.17, 15) is 14.7 Å². The highest BCUT2D eigenvalue weighted by Gasteiger charge is 2.31. The van der Waals surface area contributed by atoms with Crippen LogP contribution < -0.4 is 10.1 Å². The molecule has 0 spiro atoms. The summed E-state index contributed by atoms with van der Waals surface area (Å²) >= 11 is 0. The SMILES string of the molecule is COc1c(C)c2c(c(O)c1C/C=C(\C)CCC(=O)Nc1ccc(C)cn1)C(=O)OC2. The zero-order chi connectivity index (χ0) is 21.8. The maximum atomic E-state index is 12.1. The van der Waals surface area contributed by atoms with Gasteiger partial charge in [0.2, 0.25) is 5.91 Å². The fraction of sp³-hybridized carbons (Fsp3) is 0.348. The Morgan fingerprint density at radius 2 is 2.10 bits per heavy atom. The number of nitrogens with zero attached hydrogens (tertiary/aromatic N) is 1. The molecule has 30 heavy (non-hydrogen) atoms. The number of rotatable bonds is 7. The molecule has 0 unspecified atom stereocenters. The zero-order valence-corrected chi connectivity index (χ0v) is 17.7. The van der Waals surface area contributed by atoms with Crippen LogP contribution in [0.2, 0.25) is 0 Å². The highest BCUT2D eigenvalue weighted by molar-refractivity contribution is 5.98. The fourth-order valence-corrected chi connectivity index (χ4v) is 3.46. The van der Waals surface area contributed by atoms with Crippen molar-refractivity contribution in [1.82, 2.24) is 4.98 Å². The summed E-state index contributed by atoms with van der Waals surface area (Å²) in [5.41, 5.74) is 4.24. The van der Waals surface area contributed by atoms with Crippen LogP contribution in [-0.2, 0) is 22.6 Å². The molecule has 7 nitrogen and oxygen atoms in total. The van der Waals surface area contributed by atoms with E-state index in [1.54, 1.807) is 12.3 Å². The summed E-state index contributed by atoms with van der Waals surface area (Å²) in [6.07, 6.45) is 4.89. The number of esters is 1. The first-order valence-corrected chi connectivity index (χ1v) is 9.78. The summed E-state index contributed by atoms with van der Waals surface area (Å²) in [5.74, 6) is 0.355. The summed E-state index contributed by atoms with van der Waals surface area (Å²) in [6, 6.07) is 3.66. The Kier molecular flexibility index (Phi) is 6.40. The summed E-state index contributed by atoms with van der Waals surface area (Å²) in [7, 11) is 1.54. The Morgan fingerprint density at radius 3 is 2.77 bits per heavy atom. The number of benzene rings is 1. The Balaban J connectivity index is 1.67. The van der Waals surface area contributed by atoms with Gasteiger partial charge in [-0.2, -0.15) is 0 Å². The normalized spacial score (nSPS) is 13.1. The number of aromatic hydroxyl groups is 1. The van der Waals surface area contributed by atoms with E-state index in [-0.39, 0.29) is 23.8 Å². The Labute approximate surface area is 175 Å². The largest absolute Gasteiger partial charge is 0.507 e. The first kappa shape index (κ1) is 21.4. The third-order valence-corrected chi connectivity index (χ3v) is 5.23. The number of phenols is 1. The Hall–Kier alpha value is -3.35. The van der Waals surface area contributed by atoms with Crippen molar-refractivity contribution in [1.29, 1.82) is 0 Å². The van der Waals surface area contributed by atoms with Crippen molar-refractivity contribution in [3.8, 4) is 11.5 Å². The molecule has 1 aromatic carbocycles. The monoisotopic (exact) mass is 410 g/mol. The second kappa shape index (κ2) is 8.98. The van der Waals surface area contributed by atoms with Gasteiger partial charge in [-0.1, -0.05) is 17.7 Å². The van der Waals surface area contributed by atoms with Crippen LogP contribution in [0.3, 0.4) is 0 Å². The van der Waals surface area contributed by atoms with Crippen LogP contribution in [-0.4, -0.2) is 29.1 Å². The molecule has 0 bridgehead atoms. The van der Waals surface area contributed by atoms with Gasteiger partial charge in [0.05, 0.1) is 7.11 Å². The number of nitrogens with one attached hydrogen (secondary N) is 1. The van der Waals surface area contributed by atoms with E-state index in [1.807, 2.05) is 32.9 Å². The minimum Gasteiger partial charge on any atom is -0.507 e. The summed E-state index contributed by atoms with van der Waals surface area (Å²) in [5, 5.41) is 13.4. The molecule has 2 aromatic rings. The smallest absolute Gasteiger partial charge is 0.342 e. The molecule has 1 aliphatic heterocycles.